The van der Waals surface area contributed by atoms with E-state index >= 15 is 0 Å². The quantitative estimate of drug-likeness (QED) is 0.0507. The van der Waals surface area contributed by atoms with E-state index in [9.17, 15) is 111 Å². The average molecular weight is 1260 g/mol. The molecule has 86 heavy (non-hydrogen) atoms. The van der Waals surface area contributed by atoms with Crippen LogP contribution in [0, 0.1) is 0 Å². The summed E-state index contributed by atoms with van der Waals surface area (Å²) < 4.78 is 76.8. The summed E-state index contributed by atoms with van der Waals surface area (Å²) in [5.41, 5.74) is 0. The molecule has 22 N–H and O–H groups in total. The Morgan fingerprint density at radius 3 is 1.23 bits per heavy atom. The smallest absolute Gasteiger partial charge is 0.217 e. The third kappa shape index (κ3) is 15.4. The first-order valence-corrected chi connectivity index (χ1v) is 27.5. The third-order valence-electron chi connectivity index (χ3n) is 15.7. The van der Waals surface area contributed by atoms with Gasteiger partial charge in [-0.25, -0.2) is 0 Å². The zero-order chi connectivity index (χ0) is 63.5. The van der Waals surface area contributed by atoms with E-state index in [-0.39, 0.29) is 0 Å². The van der Waals surface area contributed by atoms with Crippen LogP contribution in [-0.2, 0) is 76.0 Å². The van der Waals surface area contributed by atoms with Crippen molar-refractivity contribution >= 4 is 17.7 Å². The molecule has 0 aromatic rings. The lowest BCUT2D eigenvalue weighted by atomic mass is 9.93. The molecule has 7 fully saturated rings. The van der Waals surface area contributed by atoms with Crippen LogP contribution in [0.3, 0.4) is 0 Å². The molecule has 3 amide bonds. The number of hydrogen-bond donors (Lipinski definition) is 22. The molecule has 7 heterocycles. The summed E-state index contributed by atoms with van der Waals surface area (Å²) >= 11 is 0. The number of hydrogen-bond acceptors (Lipinski definition) is 35. The van der Waals surface area contributed by atoms with Crippen molar-refractivity contribution in [3.8, 4) is 0 Å². The molecule has 0 radical (unpaired) electrons. The molecular formula is C48H81N3O35. The molecule has 38 nitrogen and oxygen atoms in total. The summed E-state index contributed by atoms with van der Waals surface area (Å²) in [5, 5.41) is 215. The first kappa shape index (κ1) is 70.6. The van der Waals surface area contributed by atoms with Crippen molar-refractivity contribution in [1.82, 2.24) is 16.0 Å². The predicted molar refractivity (Wildman–Crippen MR) is 265 cm³/mol. The molecule has 38 heteroatoms. The van der Waals surface area contributed by atoms with Gasteiger partial charge in [0.1, 0.15) is 165 Å². The Balaban J connectivity index is 1.30. The number of rotatable bonds is 21. The van der Waals surface area contributed by atoms with Gasteiger partial charge in [-0.15, -0.1) is 0 Å². The van der Waals surface area contributed by atoms with E-state index in [2.05, 4.69) is 16.0 Å². The average Bonchev–Trinajstić information content (AvgIpc) is 3.53. The van der Waals surface area contributed by atoms with Gasteiger partial charge in [-0.2, -0.15) is 0 Å². The molecule has 0 aromatic heterocycles. The molecule has 35 atom stereocenters. The van der Waals surface area contributed by atoms with E-state index < -0.39 is 272 Å². The highest BCUT2D eigenvalue weighted by Crippen LogP contribution is 2.39. The van der Waals surface area contributed by atoms with Gasteiger partial charge in [-0.3, -0.25) is 14.4 Å². The minimum Gasteiger partial charge on any atom is -0.394 e. The topological polar surface area (TPSA) is 592 Å². The summed E-state index contributed by atoms with van der Waals surface area (Å²) in [6.45, 7) is -1.78. The van der Waals surface area contributed by atoms with Crippen LogP contribution in [0.15, 0.2) is 0 Å². The van der Waals surface area contributed by atoms with Gasteiger partial charge in [0.15, 0.2) is 44.0 Å². The van der Waals surface area contributed by atoms with Crippen molar-refractivity contribution in [2.24, 2.45) is 0 Å². The third-order valence-corrected chi connectivity index (χ3v) is 15.7. The maximum atomic E-state index is 13.0. The van der Waals surface area contributed by atoms with Crippen LogP contribution in [0.1, 0.15) is 27.7 Å². The van der Waals surface area contributed by atoms with Crippen molar-refractivity contribution in [1.29, 1.82) is 0 Å². The molecule has 0 aliphatic carbocycles. The lowest BCUT2D eigenvalue weighted by Gasteiger charge is -2.52. The maximum Gasteiger partial charge on any atom is 0.217 e. The Hall–Kier alpha value is -2.87. The van der Waals surface area contributed by atoms with E-state index in [1.54, 1.807) is 0 Å². The Morgan fingerprint density at radius 2 is 0.686 bits per heavy atom. The lowest BCUT2D eigenvalue weighted by molar-refractivity contribution is -0.407. The lowest BCUT2D eigenvalue weighted by Crippen LogP contribution is -2.71. The van der Waals surface area contributed by atoms with E-state index in [0.717, 1.165) is 20.8 Å². The number of ether oxygens (including phenoxy) is 13. The fourth-order valence-electron chi connectivity index (χ4n) is 11.0. The number of amides is 3. The second kappa shape index (κ2) is 30.5. The number of aliphatic hydroxyl groups excluding tert-OH is 19. The van der Waals surface area contributed by atoms with E-state index in [1.165, 1.54) is 6.92 Å². The molecule has 0 spiro atoms. The highest BCUT2D eigenvalue weighted by Gasteiger charge is 2.60. The maximum absolute atomic E-state index is 13.0. The summed E-state index contributed by atoms with van der Waals surface area (Å²) in [7, 11) is 0. The summed E-state index contributed by atoms with van der Waals surface area (Å²) in [5.74, 6) is -2.52. The minimum absolute atomic E-state index is 0.774. The fourth-order valence-corrected chi connectivity index (χ4v) is 11.0. The van der Waals surface area contributed by atoms with E-state index in [1.807, 2.05) is 0 Å². The van der Waals surface area contributed by atoms with Crippen LogP contribution in [0.4, 0.5) is 0 Å². The van der Waals surface area contributed by atoms with Crippen molar-refractivity contribution in [3.05, 3.63) is 0 Å². The van der Waals surface area contributed by atoms with Crippen molar-refractivity contribution in [2.45, 2.75) is 242 Å². The van der Waals surface area contributed by atoms with Crippen LogP contribution in [-0.4, -0.2) is 369 Å². The zero-order valence-electron chi connectivity index (χ0n) is 46.5. The number of carbonyl (C=O) groups excluding carboxylic acids is 3. The first-order chi connectivity index (χ1) is 40.6. The van der Waals surface area contributed by atoms with Crippen LogP contribution >= 0.6 is 0 Å². The molecule has 7 rings (SSSR count). The van der Waals surface area contributed by atoms with Gasteiger partial charge >= 0.3 is 0 Å². The monoisotopic (exact) mass is 1260 g/mol. The molecule has 0 aromatic carbocycles. The van der Waals surface area contributed by atoms with Crippen LogP contribution in [0.25, 0.3) is 0 Å². The van der Waals surface area contributed by atoms with Gasteiger partial charge in [-0.05, 0) is 6.92 Å². The summed E-state index contributed by atoms with van der Waals surface area (Å²) in [6, 6.07) is -5.20. The first-order valence-electron chi connectivity index (χ1n) is 27.5. The number of nitrogens with one attached hydrogen (secondary N) is 3. The predicted octanol–water partition coefficient (Wildman–Crippen LogP) is -14.8. The summed E-state index contributed by atoms with van der Waals surface area (Å²) in [6.07, 6.45) is -63.8. The second-order valence-electron chi connectivity index (χ2n) is 21.8. The van der Waals surface area contributed by atoms with Gasteiger partial charge in [0.2, 0.25) is 17.7 Å². The van der Waals surface area contributed by atoms with Gasteiger partial charge in [0.25, 0.3) is 0 Å². The minimum atomic E-state index is -2.41. The van der Waals surface area contributed by atoms with Gasteiger partial charge in [0, 0.05) is 20.8 Å². The fraction of sp³-hybridized carbons (Fsp3) is 0.938. The van der Waals surface area contributed by atoms with Gasteiger partial charge in [-0.1, -0.05) is 0 Å². The highest BCUT2D eigenvalue weighted by molar-refractivity contribution is 5.74. The molecule has 0 bridgehead atoms. The van der Waals surface area contributed by atoms with Crippen molar-refractivity contribution in [3.63, 3.8) is 0 Å². The molecule has 7 saturated heterocycles. The van der Waals surface area contributed by atoms with E-state index in [0.29, 0.717) is 0 Å². The molecule has 498 valence electrons. The highest BCUT2D eigenvalue weighted by atomic mass is 16.8. The largest absolute Gasteiger partial charge is 0.394 e. The molecule has 7 aliphatic rings. The van der Waals surface area contributed by atoms with Crippen molar-refractivity contribution < 1.29 is 173 Å². The van der Waals surface area contributed by atoms with Crippen LogP contribution in [0.5, 0.6) is 0 Å². The normalized spacial score (nSPS) is 49.4. The standard InChI is InChI=1S/C48H81N3O35/c1-11-24(60)32(68)34(70)45(75-11)86-41-40(85-44-23(51-14(4)59)38(28(64)18(8-55)78-44)83-46-35(71)33(69)26(62)16(6-53)79-46)29(65)19(9-56)80-48(41)84-39-30(66)20(10-74-43-21(49-12(2)57)31(67)25(61)15(5-52)77-43)81-47(36(39)72)82-37-22(50-13(3)58)42(73)76-17(7-54)27(37)63/h11,15-48,52-56,60-73H,5-10H2,1-4H3,(H,49,57)(H,50,58)(H,51,59)/t11-,15+,16+,17+,18+,19+,20+,21+,22+,23+,24+,25+,26-,27-,28-,29-,30-,31+,32+,33-,34-,35+,36+,37+,38+,39-,40-,41+,42-,43+,44+,45-,46+,47-,48-/m0/s1. The Labute approximate surface area is 488 Å². The van der Waals surface area contributed by atoms with Gasteiger partial charge in [0.05, 0.1) is 45.7 Å². The van der Waals surface area contributed by atoms with Crippen LogP contribution in [0.2, 0.25) is 0 Å². The Bertz CT molecular complexity index is 2170. The van der Waals surface area contributed by atoms with Crippen LogP contribution < -0.4 is 16.0 Å². The number of aliphatic hydroxyl groups is 19. The SMILES string of the molecule is CC(=O)N[C@@H]1[C@@H](O[C@@H]2O[C@H](CO[C@@H]3O[C@H](CO)[C@@H](O)[C@H](O)[C@H]3NC(C)=O)[C@H](O)[C@H](O[C@@H]3O[C@H](CO)[C@H](O)[C@H](O[C@H]4O[C@H](CO)[C@H](O)[C@H](O[C@H]5O[C@H](CO)[C@H](O)[C@H](O)[C@H]5O)[C@H]4NC(C)=O)[C@H]3O[C@@H]3O[C@@H](C)[C@@H](O)[C@@H](O)[C@@H]3O)[C@H]2O)[C@@H](O)[C@@H](CO)O[C@@H]1O. The Kier molecular flexibility index (Phi) is 25.0. The number of carbonyl (C=O) groups is 3. The van der Waals surface area contributed by atoms with Crippen molar-refractivity contribution in [2.75, 3.05) is 39.6 Å². The van der Waals surface area contributed by atoms with E-state index in [4.69, 9.17) is 61.6 Å². The zero-order valence-corrected chi connectivity index (χ0v) is 46.5. The molecule has 0 unspecified atom stereocenters. The molecule has 7 aliphatic heterocycles. The second-order valence-corrected chi connectivity index (χ2v) is 21.8. The molecule has 0 saturated carbocycles. The molecular weight excluding hydrogens is 1180 g/mol. The summed E-state index contributed by atoms with van der Waals surface area (Å²) in [4.78, 5) is 37.7. The van der Waals surface area contributed by atoms with Gasteiger partial charge < -0.3 is 175 Å². The Morgan fingerprint density at radius 1 is 0.326 bits per heavy atom.